The fraction of sp³-hybridized carbons (Fsp3) is 0.357. The molecule has 1 aliphatic heterocycles. The van der Waals surface area contributed by atoms with Crippen molar-refractivity contribution >= 4 is 5.97 Å². The number of pyridine rings is 1. The lowest BCUT2D eigenvalue weighted by atomic mass is 9.92. The van der Waals surface area contributed by atoms with Crippen LogP contribution in [-0.2, 0) is 23.0 Å². The Labute approximate surface area is 199 Å². The summed E-state index contributed by atoms with van der Waals surface area (Å²) in [5.41, 5.74) is 7.78. The summed E-state index contributed by atoms with van der Waals surface area (Å²) in [5.74, 6) is 1.31. The SMILES string of the molecule is COC(=O)CC1COc2cc(O[C@@H]3CCc4c(-c5c(C)cc(=O)n(C)c5C)cccc43)ccc21. The van der Waals surface area contributed by atoms with Crippen LogP contribution in [0.25, 0.3) is 11.1 Å². The van der Waals surface area contributed by atoms with Crippen molar-refractivity contribution in [1.29, 1.82) is 0 Å². The minimum Gasteiger partial charge on any atom is -0.492 e. The van der Waals surface area contributed by atoms with Gasteiger partial charge in [0, 0.05) is 41.9 Å². The lowest BCUT2D eigenvalue weighted by Gasteiger charge is -2.18. The maximum atomic E-state index is 12.2. The lowest BCUT2D eigenvalue weighted by molar-refractivity contribution is -0.141. The first-order valence-corrected chi connectivity index (χ1v) is 11.7. The number of esters is 1. The van der Waals surface area contributed by atoms with Crippen LogP contribution in [0, 0.1) is 13.8 Å². The summed E-state index contributed by atoms with van der Waals surface area (Å²) in [4.78, 5) is 23.9. The fourth-order valence-corrected chi connectivity index (χ4v) is 5.30. The van der Waals surface area contributed by atoms with Crippen LogP contribution in [0.15, 0.2) is 47.3 Å². The molecule has 0 N–H and O–H groups in total. The fourth-order valence-electron chi connectivity index (χ4n) is 5.30. The van der Waals surface area contributed by atoms with Crippen molar-refractivity contribution in [2.75, 3.05) is 13.7 Å². The second-order valence-corrected chi connectivity index (χ2v) is 9.19. The quantitative estimate of drug-likeness (QED) is 0.514. The molecule has 1 aromatic heterocycles. The van der Waals surface area contributed by atoms with Crippen LogP contribution in [-0.4, -0.2) is 24.3 Å². The van der Waals surface area contributed by atoms with E-state index in [1.54, 1.807) is 10.6 Å². The van der Waals surface area contributed by atoms with Gasteiger partial charge in [-0.3, -0.25) is 9.59 Å². The number of fused-ring (bicyclic) bond motifs is 2. The average molecular weight is 460 g/mol. The van der Waals surface area contributed by atoms with Crippen molar-refractivity contribution in [3.8, 4) is 22.6 Å². The zero-order chi connectivity index (χ0) is 24.0. The van der Waals surface area contributed by atoms with Crippen molar-refractivity contribution in [1.82, 2.24) is 4.57 Å². The first-order chi connectivity index (χ1) is 16.4. The molecule has 2 atom stereocenters. The van der Waals surface area contributed by atoms with Gasteiger partial charge >= 0.3 is 5.97 Å². The number of ether oxygens (including phenoxy) is 3. The highest BCUT2D eigenvalue weighted by atomic mass is 16.5. The highest BCUT2D eigenvalue weighted by molar-refractivity contribution is 5.74. The van der Waals surface area contributed by atoms with E-state index < -0.39 is 0 Å². The highest BCUT2D eigenvalue weighted by Gasteiger charge is 2.30. The Morgan fingerprint density at radius 1 is 1.15 bits per heavy atom. The Morgan fingerprint density at radius 3 is 2.76 bits per heavy atom. The van der Waals surface area contributed by atoms with Crippen molar-refractivity contribution < 1.29 is 19.0 Å². The van der Waals surface area contributed by atoms with Gasteiger partial charge < -0.3 is 18.8 Å². The summed E-state index contributed by atoms with van der Waals surface area (Å²) in [7, 11) is 3.23. The monoisotopic (exact) mass is 459 g/mol. The largest absolute Gasteiger partial charge is 0.492 e. The average Bonchev–Trinajstić information content (AvgIpc) is 3.42. The third-order valence-corrected chi connectivity index (χ3v) is 7.20. The summed E-state index contributed by atoms with van der Waals surface area (Å²) in [6.45, 7) is 4.48. The van der Waals surface area contributed by atoms with Crippen LogP contribution in [0.3, 0.4) is 0 Å². The van der Waals surface area contributed by atoms with Crippen molar-refractivity contribution in [3.63, 3.8) is 0 Å². The number of carbonyl (C=O) groups is 1. The van der Waals surface area contributed by atoms with E-state index in [-0.39, 0.29) is 23.6 Å². The first kappa shape index (κ1) is 22.3. The molecular formula is C28H29NO5. The molecule has 5 rings (SSSR count). The number of nitrogens with zero attached hydrogens (tertiary/aromatic N) is 1. The molecule has 0 amide bonds. The van der Waals surface area contributed by atoms with Crippen molar-refractivity contribution in [2.24, 2.45) is 7.05 Å². The molecule has 1 aliphatic carbocycles. The maximum absolute atomic E-state index is 12.2. The third-order valence-electron chi connectivity index (χ3n) is 7.20. The molecule has 0 bridgehead atoms. The van der Waals surface area contributed by atoms with Gasteiger partial charge in [-0.05, 0) is 55.0 Å². The molecule has 2 aliphatic rings. The molecule has 1 unspecified atom stereocenters. The molecule has 0 spiro atoms. The number of benzene rings is 2. The number of hydrogen-bond acceptors (Lipinski definition) is 5. The van der Waals surface area contributed by atoms with Crippen LogP contribution >= 0.6 is 0 Å². The van der Waals surface area contributed by atoms with E-state index in [4.69, 9.17) is 14.2 Å². The Morgan fingerprint density at radius 2 is 1.97 bits per heavy atom. The number of hydrogen-bond donors (Lipinski definition) is 0. The van der Waals surface area contributed by atoms with E-state index in [2.05, 4.69) is 18.2 Å². The molecule has 0 saturated carbocycles. The van der Waals surface area contributed by atoms with Crippen LogP contribution in [0.2, 0.25) is 0 Å². The maximum Gasteiger partial charge on any atom is 0.306 e. The third kappa shape index (κ3) is 3.77. The molecule has 2 heterocycles. The Hall–Kier alpha value is -3.54. The normalized spacial score (nSPS) is 18.2. The molecule has 0 radical (unpaired) electrons. The van der Waals surface area contributed by atoms with Crippen LogP contribution < -0.4 is 15.0 Å². The molecule has 0 saturated heterocycles. The predicted molar refractivity (Wildman–Crippen MR) is 130 cm³/mol. The first-order valence-electron chi connectivity index (χ1n) is 11.7. The molecule has 6 heteroatoms. The van der Waals surface area contributed by atoms with Gasteiger partial charge in [-0.1, -0.05) is 24.3 Å². The lowest BCUT2D eigenvalue weighted by Crippen LogP contribution is -2.19. The molecule has 3 aromatic rings. The smallest absolute Gasteiger partial charge is 0.306 e. The van der Waals surface area contributed by atoms with E-state index in [9.17, 15) is 9.59 Å². The van der Waals surface area contributed by atoms with Gasteiger partial charge in [0.1, 0.15) is 17.6 Å². The molecular weight excluding hydrogens is 430 g/mol. The van der Waals surface area contributed by atoms with E-state index in [0.29, 0.717) is 13.0 Å². The standard InChI is InChI=1S/C28H29NO5/c1-16-12-26(30)29(3)17(2)28(16)23-7-5-6-22-21(23)10-11-24(22)34-19-8-9-20-18(13-27(31)32-4)15-33-25(20)14-19/h5-9,12,14,18,24H,10-11,13,15H2,1-4H3/t18?,24-/m1/s1. The second kappa shape index (κ2) is 8.67. The second-order valence-electron chi connectivity index (χ2n) is 9.19. The number of aryl methyl sites for hydroxylation is 1. The van der Waals surface area contributed by atoms with E-state index in [1.165, 1.54) is 23.8 Å². The van der Waals surface area contributed by atoms with Crippen molar-refractivity contribution in [2.45, 2.75) is 45.1 Å². The van der Waals surface area contributed by atoms with Gasteiger partial charge in [0.15, 0.2) is 0 Å². The van der Waals surface area contributed by atoms with Gasteiger partial charge in [0.2, 0.25) is 0 Å². The number of aromatic nitrogens is 1. The van der Waals surface area contributed by atoms with Crippen LogP contribution in [0.5, 0.6) is 11.5 Å². The van der Waals surface area contributed by atoms with Gasteiger partial charge in [-0.15, -0.1) is 0 Å². The zero-order valence-corrected chi connectivity index (χ0v) is 20.0. The Kier molecular flexibility index (Phi) is 5.68. The van der Waals surface area contributed by atoms with E-state index in [0.717, 1.165) is 46.7 Å². The topological polar surface area (TPSA) is 66.8 Å². The minimum absolute atomic E-state index is 0.0135. The van der Waals surface area contributed by atoms with Crippen LogP contribution in [0.4, 0.5) is 0 Å². The Balaban J connectivity index is 1.42. The molecule has 176 valence electrons. The van der Waals surface area contributed by atoms with Gasteiger partial charge in [0.05, 0.1) is 20.1 Å². The molecule has 0 fully saturated rings. The minimum atomic E-state index is -0.232. The summed E-state index contributed by atoms with van der Waals surface area (Å²) in [5, 5.41) is 0. The number of rotatable bonds is 5. The molecule has 2 aromatic carbocycles. The van der Waals surface area contributed by atoms with Gasteiger partial charge in [0.25, 0.3) is 5.56 Å². The van der Waals surface area contributed by atoms with E-state index in [1.807, 2.05) is 39.1 Å². The van der Waals surface area contributed by atoms with Gasteiger partial charge in [-0.25, -0.2) is 0 Å². The summed E-state index contributed by atoms with van der Waals surface area (Å²) in [6, 6.07) is 13.9. The molecule has 34 heavy (non-hydrogen) atoms. The van der Waals surface area contributed by atoms with Crippen LogP contribution in [0.1, 0.15) is 52.8 Å². The van der Waals surface area contributed by atoms with Crippen molar-refractivity contribution in [3.05, 3.63) is 80.8 Å². The van der Waals surface area contributed by atoms with E-state index >= 15 is 0 Å². The number of methoxy groups -OCH3 is 1. The zero-order valence-electron chi connectivity index (χ0n) is 20.0. The van der Waals surface area contributed by atoms with Gasteiger partial charge in [-0.2, -0.15) is 0 Å². The summed E-state index contributed by atoms with van der Waals surface area (Å²) >= 11 is 0. The summed E-state index contributed by atoms with van der Waals surface area (Å²) < 4.78 is 18.8. The highest BCUT2D eigenvalue weighted by Crippen LogP contribution is 2.43. The Bertz CT molecular complexity index is 1340. The molecule has 6 nitrogen and oxygen atoms in total. The summed E-state index contributed by atoms with van der Waals surface area (Å²) in [6.07, 6.45) is 2.07. The number of carbonyl (C=O) groups excluding carboxylic acids is 1. The predicted octanol–water partition coefficient (Wildman–Crippen LogP) is 4.77.